The second-order valence-electron chi connectivity index (χ2n) is 11.4. The third-order valence-corrected chi connectivity index (χ3v) is 80.9. The maximum atomic E-state index is 11.9. The zero-order valence-corrected chi connectivity index (χ0v) is 22.2. The zero-order valence-electron chi connectivity index (χ0n) is 18.2. The van der Waals surface area contributed by atoms with E-state index in [0.717, 1.165) is 13.0 Å². The van der Waals surface area contributed by atoms with Crippen LogP contribution < -0.4 is 0 Å². The molecule has 0 aromatic rings. The summed E-state index contributed by atoms with van der Waals surface area (Å²) in [5.74, 6) is 0.879. The van der Waals surface area contributed by atoms with Gasteiger partial charge in [-0.1, -0.05) is 65.0 Å². The quantitative estimate of drug-likeness (QED) is 0.528. The molecule has 0 spiro atoms. The van der Waals surface area contributed by atoms with Crippen LogP contribution in [0.5, 0.6) is 0 Å². The summed E-state index contributed by atoms with van der Waals surface area (Å²) in [7, 11) is -3.77. The fourth-order valence-electron chi connectivity index (χ4n) is 6.53. The molecule has 0 bridgehead atoms. The van der Waals surface area contributed by atoms with E-state index in [-0.39, 0.29) is 11.4 Å². The van der Waals surface area contributed by atoms with E-state index in [1.165, 1.54) is 6.04 Å². The smallest absolute Gasteiger partial charge is 0.132 e. The topological polar surface area (TPSA) is 26.3 Å². The minimum Gasteiger partial charge on any atom is -0.375 e. The average Bonchev–Trinajstić information content (AvgIpc) is 2.60. The molecule has 6 heteroatoms. The summed E-state index contributed by atoms with van der Waals surface area (Å²) in [6.07, 6.45) is 1.77. The zero-order chi connectivity index (χ0) is 19.2. The van der Waals surface area contributed by atoms with Crippen molar-refractivity contribution in [3.8, 4) is 0 Å². The molecule has 0 N–H and O–H groups in total. The van der Waals surface area contributed by atoms with Crippen molar-refractivity contribution < 1.29 is 9.53 Å². The molecule has 1 aliphatic rings. The molecule has 1 fully saturated rings. The fraction of sp³-hybridized carbons (Fsp3) is 0.944. The van der Waals surface area contributed by atoms with Gasteiger partial charge in [-0.15, -0.1) is 0 Å². The minimum absolute atomic E-state index is 0.205. The molecule has 24 heavy (non-hydrogen) atoms. The van der Waals surface area contributed by atoms with Crippen LogP contribution in [0.1, 0.15) is 26.7 Å². The van der Waals surface area contributed by atoms with Crippen LogP contribution in [0.4, 0.5) is 0 Å². The van der Waals surface area contributed by atoms with Crippen molar-refractivity contribution in [2.45, 2.75) is 97.3 Å². The first-order chi connectivity index (χ1) is 10.5. The molecule has 2 nitrogen and oxygen atoms in total. The number of hydrogen-bond donors (Lipinski definition) is 0. The first-order valence-corrected chi connectivity index (χ1v) is 25.3. The number of hydrogen-bond acceptors (Lipinski definition) is 2. The molecule has 0 aliphatic carbocycles. The van der Waals surface area contributed by atoms with Gasteiger partial charge in [0.15, 0.2) is 0 Å². The summed E-state index contributed by atoms with van der Waals surface area (Å²) >= 11 is 0. The van der Waals surface area contributed by atoms with Crippen molar-refractivity contribution in [3.05, 3.63) is 0 Å². The van der Waals surface area contributed by atoms with Gasteiger partial charge in [0.2, 0.25) is 0 Å². The molecule has 2 atom stereocenters. The fourth-order valence-corrected chi connectivity index (χ4v) is 105. The molecule has 1 aliphatic heterocycles. The largest absolute Gasteiger partial charge is 0.375 e. The number of ether oxygens (including phenoxy) is 1. The third-order valence-electron chi connectivity index (χ3n) is 6.76. The van der Waals surface area contributed by atoms with E-state index in [1.54, 1.807) is 6.92 Å². The monoisotopic (exact) mass is 402 g/mol. The highest BCUT2D eigenvalue weighted by atomic mass is 29.9. The number of ketones is 1. The number of Topliss-reactive ketones (excluding diaryl/α,β-unsaturated/α-hetero) is 1. The first kappa shape index (κ1) is 22.5. The second kappa shape index (κ2) is 6.91. The summed E-state index contributed by atoms with van der Waals surface area (Å²) in [6, 6.07) is 1.43. The van der Waals surface area contributed by atoms with Gasteiger partial charge in [0.05, 0.1) is 5.60 Å². The van der Waals surface area contributed by atoms with Gasteiger partial charge >= 0.3 is 0 Å². The molecule has 0 aromatic heterocycles. The first-order valence-electron chi connectivity index (χ1n) is 9.61. The molecule has 1 saturated heterocycles. The Labute approximate surface area is 154 Å². The van der Waals surface area contributed by atoms with Crippen LogP contribution >= 0.6 is 0 Å². The Hall–Kier alpha value is 0.498. The van der Waals surface area contributed by atoms with Crippen LogP contribution in [0.3, 0.4) is 0 Å². The van der Waals surface area contributed by atoms with Crippen molar-refractivity contribution in [1.29, 1.82) is 0 Å². The van der Waals surface area contributed by atoms with Crippen LogP contribution in [0, 0.1) is 5.92 Å². The summed E-state index contributed by atoms with van der Waals surface area (Å²) in [5, 5.41) is 0. The molecule has 0 amide bonds. The van der Waals surface area contributed by atoms with Crippen molar-refractivity contribution >= 4 is 35.2 Å². The Balaban J connectivity index is 3.40. The van der Waals surface area contributed by atoms with Gasteiger partial charge in [-0.05, 0) is 26.2 Å². The predicted molar refractivity (Wildman–Crippen MR) is 118 cm³/mol. The van der Waals surface area contributed by atoms with Crippen LogP contribution in [0.2, 0.25) is 65.0 Å². The van der Waals surface area contributed by atoms with Gasteiger partial charge in [-0.25, -0.2) is 0 Å². The van der Waals surface area contributed by atoms with Crippen LogP contribution in [-0.2, 0) is 9.53 Å². The van der Waals surface area contributed by atoms with E-state index in [1.807, 2.05) is 0 Å². The second-order valence-corrected chi connectivity index (χ2v) is 52.8. The van der Waals surface area contributed by atoms with Crippen LogP contribution in [0.15, 0.2) is 0 Å². The highest BCUT2D eigenvalue weighted by molar-refractivity contribution is 7.89. The number of carbonyl (C=O) groups is 1. The summed E-state index contributed by atoms with van der Waals surface area (Å²) < 4.78 is 6.20. The highest BCUT2D eigenvalue weighted by Crippen LogP contribution is 2.47. The molecular weight excluding hydrogens is 361 g/mol. The normalized spacial score (nSPS) is 26.7. The molecule has 142 valence electrons. The minimum atomic E-state index is -1.38. The lowest BCUT2D eigenvalue weighted by molar-refractivity contribution is -0.123. The van der Waals surface area contributed by atoms with Gasteiger partial charge in [-0.3, -0.25) is 4.79 Å². The predicted octanol–water partition coefficient (Wildman–Crippen LogP) is 5.46. The van der Waals surface area contributed by atoms with E-state index in [4.69, 9.17) is 4.74 Å². The van der Waals surface area contributed by atoms with Crippen molar-refractivity contribution in [2.24, 2.45) is 5.92 Å². The Morgan fingerprint density at radius 3 is 1.71 bits per heavy atom. The summed E-state index contributed by atoms with van der Waals surface area (Å²) in [6.45, 7) is 27.4. The van der Waals surface area contributed by atoms with Crippen molar-refractivity contribution in [3.63, 3.8) is 0 Å². The van der Waals surface area contributed by atoms with E-state index >= 15 is 0 Å². The van der Waals surface area contributed by atoms with E-state index < -0.39 is 29.4 Å². The number of carbonyl (C=O) groups excluding carboxylic acids is 1. The molecule has 0 saturated carbocycles. The Bertz CT molecular complexity index is 435. The molecule has 0 radical (unpaired) electrons. The van der Waals surface area contributed by atoms with E-state index in [0.29, 0.717) is 12.3 Å². The number of rotatable bonds is 7. The highest BCUT2D eigenvalue weighted by Gasteiger charge is 2.63. The lowest BCUT2D eigenvalue weighted by Crippen LogP contribution is -2.83. The molecule has 0 unspecified atom stereocenters. The molecule has 1 rings (SSSR count). The van der Waals surface area contributed by atoms with E-state index in [2.05, 4.69) is 65.8 Å². The third kappa shape index (κ3) is 4.08. The van der Waals surface area contributed by atoms with Gasteiger partial charge in [0, 0.05) is 42.4 Å². The van der Waals surface area contributed by atoms with Crippen LogP contribution in [0.25, 0.3) is 0 Å². The Morgan fingerprint density at radius 1 is 0.958 bits per heavy atom. The standard InChI is InChI=1S/C18H42O2Si4/c1-16(19)14-18(2)17(12-13-20-18)15-24(21(3,4)5,22(6,7)8)23(9,10)11/h17H,12-15H2,1-11H3/t17-,18+/m0/s1. The van der Waals surface area contributed by atoms with Crippen molar-refractivity contribution in [1.82, 2.24) is 0 Å². The van der Waals surface area contributed by atoms with E-state index in [9.17, 15) is 4.79 Å². The summed E-state index contributed by atoms with van der Waals surface area (Å²) in [4.78, 5) is 11.9. The maximum absolute atomic E-state index is 11.9. The lowest BCUT2D eigenvalue weighted by atomic mass is 9.86. The summed E-state index contributed by atoms with van der Waals surface area (Å²) in [5.41, 5.74) is -0.205. The Kier molecular flexibility index (Phi) is 6.49. The Morgan fingerprint density at radius 2 is 1.38 bits per heavy atom. The van der Waals surface area contributed by atoms with Gasteiger partial charge in [0.25, 0.3) is 0 Å². The SMILES string of the molecule is CC(=O)C[C@@]1(C)OCC[C@H]1C[Si]([Si](C)(C)C)([Si](C)(C)C)[Si](C)(C)C. The maximum Gasteiger partial charge on any atom is 0.132 e. The van der Waals surface area contributed by atoms with Gasteiger partial charge in [0.1, 0.15) is 5.78 Å². The van der Waals surface area contributed by atoms with Gasteiger partial charge in [-0.2, -0.15) is 0 Å². The lowest BCUT2D eigenvalue weighted by Gasteiger charge is -2.59. The average molecular weight is 403 g/mol. The van der Waals surface area contributed by atoms with Crippen molar-refractivity contribution in [2.75, 3.05) is 6.61 Å². The molecule has 1 heterocycles. The van der Waals surface area contributed by atoms with Crippen LogP contribution in [-0.4, -0.2) is 47.4 Å². The van der Waals surface area contributed by atoms with Gasteiger partial charge < -0.3 is 4.74 Å². The molecule has 0 aromatic carbocycles. The molecular formula is C18H42O2Si4.